The molecule has 0 fully saturated rings. The summed E-state index contributed by atoms with van der Waals surface area (Å²) in [6.45, 7) is 11.2. The number of ether oxygens (including phenoxy) is 2. The molecule has 0 aliphatic rings. The van der Waals surface area contributed by atoms with Crippen LogP contribution in [-0.4, -0.2) is 15.5 Å². The van der Waals surface area contributed by atoms with Gasteiger partial charge in [0.05, 0.1) is 16.9 Å². The topological polar surface area (TPSA) is 52.6 Å². The minimum absolute atomic E-state index is 0.144. The van der Waals surface area contributed by atoms with Gasteiger partial charge in [-0.05, 0) is 105 Å². The van der Waals surface area contributed by atoms with Gasteiger partial charge >= 0.3 is 0 Å². The van der Waals surface area contributed by atoms with Crippen LogP contribution in [0.15, 0.2) is 155 Å². The Hall–Kier alpha value is -5.13. The molecule has 0 amide bonds. The molecular weight excluding hydrogens is 625 g/mol. The summed E-state index contributed by atoms with van der Waals surface area (Å²) in [4.78, 5) is 0.411. The standard InChI is InChI=1S/C44H42O4S/c1-43(2,3)35-15-11-33(12-16-35)31-7-9-32(10-8-31)34-13-17-36(18-14-34)44(4,5)37-19-21-39(22-20-37)48-40-25-29-42(30-26-40)49(45,46)41-27-23-38(47-6)24-28-41/h7-30H,1-6H3. The van der Waals surface area contributed by atoms with Crippen molar-refractivity contribution in [1.82, 2.24) is 0 Å². The number of rotatable bonds is 9. The molecule has 5 heteroatoms. The van der Waals surface area contributed by atoms with Gasteiger partial charge in [0.15, 0.2) is 0 Å². The number of benzene rings is 6. The molecular formula is C44H42O4S. The van der Waals surface area contributed by atoms with Crippen molar-refractivity contribution in [1.29, 1.82) is 0 Å². The highest BCUT2D eigenvalue weighted by Crippen LogP contribution is 2.35. The van der Waals surface area contributed by atoms with Crippen LogP contribution < -0.4 is 9.47 Å². The third-order valence-electron chi connectivity index (χ3n) is 9.22. The molecule has 0 aromatic heterocycles. The Morgan fingerprint density at radius 3 is 1.08 bits per heavy atom. The Morgan fingerprint density at radius 2 is 0.714 bits per heavy atom. The maximum atomic E-state index is 13.1. The number of methoxy groups -OCH3 is 1. The first kappa shape index (κ1) is 33.8. The first-order valence-corrected chi connectivity index (χ1v) is 17.9. The highest BCUT2D eigenvalue weighted by Gasteiger charge is 2.23. The van der Waals surface area contributed by atoms with Crippen LogP contribution in [0.5, 0.6) is 17.2 Å². The van der Waals surface area contributed by atoms with Gasteiger partial charge in [-0.1, -0.05) is 120 Å². The fourth-order valence-electron chi connectivity index (χ4n) is 5.92. The normalized spacial score (nSPS) is 12.0. The molecule has 0 aliphatic heterocycles. The van der Waals surface area contributed by atoms with E-state index in [1.165, 1.54) is 33.4 Å². The third kappa shape index (κ3) is 7.33. The van der Waals surface area contributed by atoms with Gasteiger partial charge in [0, 0.05) is 5.41 Å². The Bertz CT molecular complexity index is 2120. The van der Waals surface area contributed by atoms with E-state index in [1.54, 1.807) is 55.6 Å². The van der Waals surface area contributed by atoms with Crippen molar-refractivity contribution in [2.24, 2.45) is 0 Å². The first-order valence-electron chi connectivity index (χ1n) is 16.4. The van der Waals surface area contributed by atoms with E-state index in [1.807, 2.05) is 12.1 Å². The van der Waals surface area contributed by atoms with Crippen molar-refractivity contribution in [2.75, 3.05) is 7.11 Å². The minimum Gasteiger partial charge on any atom is -0.497 e. The van der Waals surface area contributed by atoms with Gasteiger partial charge in [0.25, 0.3) is 0 Å². The SMILES string of the molecule is COc1ccc(S(=O)(=O)c2ccc(Oc3ccc(C(C)(C)c4ccc(-c5ccc(-c6ccc(C(C)(C)C)cc6)cc5)cc4)cc3)cc2)cc1. The molecule has 248 valence electrons. The predicted molar refractivity (Wildman–Crippen MR) is 200 cm³/mol. The molecule has 4 nitrogen and oxygen atoms in total. The lowest BCUT2D eigenvalue weighted by molar-refractivity contribution is 0.414. The van der Waals surface area contributed by atoms with Crippen LogP contribution in [0.2, 0.25) is 0 Å². The number of sulfone groups is 1. The summed E-state index contributed by atoms with van der Waals surface area (Å²) in [7, 11) is -2.10. The van der Waals surface area contributed by atoms with Crippen LogP contribution >= 0.6 is 0 Å². The molecule has 0 spiro atoms. The molecule has 0 saturated heterocycles. The molecule has 6 rings (SSSR count). The summed E-state index contributed by atoms with van der Waals surface area (Å²) in [5.74, 6) is 1.84. The summed E-state index contributed by atoms with van der Waals surface area (Å²) in [6, 6.07) is 47.4. The molecule has 0 unspecified atom stereocenters. The summed E-state index contributed by atoms with van der Waals surface area (Å²) in [5.41, 5.74) is 8.44. The molecule has 0 radical (unpaired) electrons. The van der Waals surface area contributed by atoms with E-state index < -0.39 is 9.84 Å². The molecule has 0 N–H and O–H groups in total. The van der Waals surface area contributed by atoms with Crippen molar-refractivity contribution >= 4 is 9.84 Å². The minimum atomic E-state index is -3.65. The lowest BCUT2D eigenvalue weighted by Crippen LogP contribution is -2.18. The quantitative estimate of drug-likeness (QED) is 0.154. The largest absolute Gasteiger partial charge is 0.497 e. The van der Waals surface area contributed by atoms with Gasteiger partial charge in [-0.15, -0.1) is 0 Å². The van der Waals surface area contributed by atoms with Crippen LogP contribution in [0.3, 0.4) is 0 Å². The molecule has 0 aliphatic carbocycles. The summed E-state index contributed by atoms with van der Waals surface area (Å²) >= 11 is 0. The average molecular weight is 667 g/mol. The van der Waals surface area contributed by atoms with Crippen LogP contribution in [-0.2, 0) is 20.7 Å². The Labute approximate surface area is 290 Å². The number of hydrogen-bond donors (Lipinski definition) is 0. The van der Waals surface area contributed by atoms with E-state index in [9.17, 15) is 8.42 Å². The van der Waals surface area contributed by atoms with Gasteiger partial charge in [-0.2, -0.15) is 0 Å². The van der Waals surface area contributed by atoms with Crippen LogP contribution in [0.4, 0.5) is 0 Å². The van der Waals surface area contributed by atoms with E-state index >= 15 is 0 Å². The van der Waals surface area contributed by atoms with Gasteiger partial charge < -0.3 is 9.47 Å². The third-order valence-corrected chi connectivity index (χ3v) is 11.0. The molecule has 0 bridgehead atoms. The van der Waals surface area contributed by atoms with Gasteiger partial charge in [-0.25, -0.2) is 8.42 Å². The molecule has 6 aromatic carbocycles. The van der Waals surface area contributed by atoms with Crippen molar-refractivity contribution in [3.05, 3.63) is 162 Å². The van der Waals surface area contributed by atoms with Gasteiger partial charge in [0.1, 0.15) is 17.2 Å². The molecule has 0 saturated carbocycles. The lowest BCUT2D eigenvalue weighted by Gasteiger charge is -2.26. The molecule has 49 heavy (non-hydrogen) atoms. The Balaban J connectivity index is 1.10. The summed E-state index contributed by atoms with van der Waals surface area (Å²) in [5, 5.41) is 0. The fourth-order valence-corrected chi connectivity index (χ4v) is 7.18. The fraction of sp³-hybridized carbons (Fsp3) is 0.182. The Kier molecular flexibility index (Phi) is 9.24. The summed E-state index contributed by atoms with van der Waals surface area (Å²) in [6.07, 6.45) is 0. The zero-order valence-electron chi connectivity index (χ0n) is 28.9. The number of hydrogen-bond acceptors (Lipinski definition) is 4. The van der Waals surface area contributed by atoms with Crippen molar-refractivity contribution in [2.45, 2.75) is 55.2 Å². The van der Waals surface area contributed by atoms with E-state index in [0.29, 0.717) is 17.2 Å². The second kappa shape index (κ2) is 13.4. The zero-order valence-corrected chi connectivity index (χ0v) is 29.7. The highest BCUT2D eigenvalue weighted by molar-refractivity contribution is 7.91. The van der Waals surface area contributed by atoms with Crippen molar-refractivity contribution in [3.8, 4) is 39.5 Å². The van der Waals surface area contributed by atoms with E-state index in [-0.39, 0.29) is 20.6 Å². The zero-order chi connectivity index (χ0) is 34.8. The van der Waals surface area contributed by atoms with Crippen LogP contribution in [0, 0.1) is 0 Å². The average Bonchev–Trinajstić information content (AvgIpc) is 3.12. The van der Waals surface area contributed by atoms with E-state index in [0.717, 1.165) is 5.56 Å². The first-order chi connectivity index (χ1) is 23.3. The molecule has 0 heterocycles. The second-order valence-corrected chi connectivity index (χ2v) is 15.8. The maximum absolute atomic E-state index is 13.1. The molecule has 0 atom stereocenters. The van der Waals surface area contributed by atoms with Gasteiger partial charge in [0.2, 0.25) is 9.84 Å². The van der Waals surface area contributed by atoms with Gasteiger partial charge in [-0.3, -0.25) is 0 Å². The lowest BCUT2D eigenvalue weighted by atomic mass is 9.78. The van der Waals surface area contributed by atoms with E-state index in [2.05, 4.69) is 120 Å². The molecule has 6 aromatic rings. The van der Waals surface area contributed by atoms with Crippen molar-refractivity contribution in [3.63, 3.8) is 0 Å². The smallest absolute Gasteiger partial charge is 0.206 e. The monoisotopic (exact) mass is 666 g/mol. The van der Waals surface area contributed by atoms with Crippen molar-refractivity contribution < 1.29 is 17.9 Å². The highest BCUT2D eigenvalue weighted by atomic mass is 32.2. The maximum Gasteiger partial charge on any atom is 0.206 e. The van der Waals surface area contributed by atoms with Crippen LogP contribution in [0.25, 0.3) is 22.3 Å². The second-order valence-electron chi connectivity index (χ2n) is 13.9. The van der Waals surface area contributed by atoms with E-state index in [4.69, 9.17) is 9.47 Å². The van der Waals surface area contributed by atoms with Crippen LogP contribution in [0.1, 0.15) is 51.3 Å². The Morgan fingerprint density at radius 1 is 0.408 bits per heavy atom. The predicted octanol–water partition coefficient (Wildman–Crippen LogP) is 11.3. The summed E-state index contributed by atoms with van der Waals surface area (Å²) < 4.78 is 37.3.